The summed E-state index contributed by atoms with van der Waals surface area (Å²) in [6, 6.07) is 17.2. The number of benzene rings is 3. The molecule has 9 heteroatoms. The van der Waals surface area contributed by atoms with Crippen molar-refractivity contribution in [3.8, 4) is 6.07 Å². The summed E-state index contributed by atoms with van der Waals surface area (Å²) in [6.07, 6.45) is 3.01. The first-order chi connectivity index (χ1) is 17.3. The number of carbonyl (C=O) groups excluding carboxylic acids is 1. The summed E-state index contributed by atoms with van der Waals surface area (Å²) in [7, 11) is 0. The zero-order valence-corrected chi connectivity index (χ0v) is 19.8. The van der Waals surface area contributed by atoms with Crippen molar-refractivity contribution < 1.29 is 22.4 Å². The van der Waals surface area contributed by atoms with Gasteiger partial charge < -0.3 is 5.32 Å². The number of pyridine rings is 1. The van der Waals surface area contributed by atoms with E-state index in [0.29, 0.717) is 22.4 Å². The van der Waals surface area contributed by atoms with Crippen LogP contribution in [0.4, 0.5) is 23.2 Å². The molecule has 0 bridgehead atoms. The van der Waals surface area contributed by atoms with Crippen LogP contribution in [0.1, 0.15) is 22.3 Å². The van der Waals surface area contributed by atoms with Crippen molar-refractivity contribution in [3.05, 3.63) is 125 Å². The predicted octanol–water partition coefficient (Wildman–Crippen LogP) is 7.31. The topological polar surface area (TPSA) is 65.8 Å². The summed E-state index contributed by atoms with van der Waals surface area (Å²) >= 11 is 0. The van der Waals surface area contributed by atoms with Gasteiger partial charge in [0.25, 0.3) is 0 Å². The second-order valence-electron chi connectivity index (χ2n) is 7.71. The second-order valence-corrected chi connectivity index (χ2v) is 7.71. The number of aromatic nitrogens is 1. The van der Waals surface area contributed by atoms with Crippen molar-refractivity contribution in [1.82, 2.24) is 4.98 Å². The van der Waals surface area contributed by atoms with Crippen LogP contribution in [0.15, 0.2) is 97.4 Å². The zero-order valence-electron chi connectivity index (χ0n) is 19.0. The van der Waals surface area contributed by atoms with Gasteiger partial charge in [-0.1, -0.05) is 42.5 Å². The van der Waals surface area contributed by atoms with E-state index >= 15 is 0 Å². The molecule has 0 saturated heterocycles. The highest BCUT2D eigenvalue weighted by Gasteiger charge is 2.30. The molecule has 1 amide bonds. The van der Waals surface area contributed by atoms with Crippen LogP contribution >= 0.6 is 12.4 Å². The summed E-state index contributed by atoms with van der Waals surface area (Å²) in [5, 5.41) is 13.6. The maximum Gasteiger partial charge on any atom is 0.416 e. The second kappa shape index (κ2) is 11.5. The van der Waals surface area contributed by atoms with Gasteiger partial charge in [0.2, 0.25) is 5.91 Å². The molecule has 3 aromatic carbocycles. The number of nitrogens with one attached hydrogen (secondary N) is 1. The molecule has 1 N–H and O–H groups in total. The number of rotatable bonds is 5. The Hall–Kier alpha value is -4.48. The number of anilines is 1. The smallest absolute Gasteiger partial charge is 0.322 e. The van der Waals surface area contributed by atoms with Crippen LogP contribution in [0.25, 0.3) is 16.3 Å². The van der Waals surface area contributed by atoms with Crippen LogP contribution in [0.3, 0.4) is 0 Å². The quantitative estimate of drug-likeness (QED) is 0.169. The van der Waals surface area contributed by atoms with Crippen molar-refractivity contribution in [2.45, 2.75) is 6.18 Å². The number of allylic oxidation sites excluding steroid dienone is 2. The van der Waals surface area contributed by atoms with Crippen molar-refractivity contribution in [2.75, 3.05) is 5.32 Å². The number of fused-ring (bicyclic) bond motifs is 1. The maximum atomic E-state index is 13.9. The third-order valence-electron chi connectivity index (χ3n) is 5.37. The zero-order chi connectivity index (χ0) is 25.7. The number of nitriles is 1. The molecule has 0 spiro atoms. The lowest BCUT2D eigenvalue weighted by Gasteiger charge is -2.11. The average molecular weight is 524 g/mol. The lowest BCUT2D eigenvalue weighted by molar-refractivity contribution is -0.137. The number of nitrogens with zero attached hydrogens (tertiary/aromatic N) is 2. The maximum absolute atomic E-state index is 13.9. The van der Waals surface area contributed by atoms with Crippen LogP contribution in [-0.4, -0.2) is 10.9 Å². The summed E-state index contributed by atoms with van der Waals surface area (Å²) in [5.41, 5.74) is 0.763. The van der Waals surface area contributed by atoms with Gasteiger partial charge in [0, 0.05) is 34.9 Å². The van der Waals surface area contributed by atoms with E-state index in [0.717, 1.165) is 29.0 Å². The normalized spacial score (nSPS) is 11.7. The third-order valence-corrected chi connectivity index (χ3v) is 5.37. The molecular weight excluding hydrogens is 506 g/mol. The van der Waals surface area contributed by atoms with E-state index in [-0.39, 0.29) is 18.0 Å². The fourth-order valence-corrected chi connectivity index (χ4v) is 3.61. The first-order valence-electron chi connectivity index (χ1n) is 10.7. The molecule has 0 atom stereocenters. The highest BCUT2D eigenvalue weighted by atomic mass is 35.5. The molecule has 0 radical (unpaired) electrons. The van der Waals surface area contributed by atoms with Gasteiger partial charge in [-0.15, -0.1) is 12.4 Å². The molecule has 4 rings (SSSR count). The Kier molecular flexibility index (Phi) is 8.43. The minimum atomic E-state index is -4.50. The number of amides is 1. The molecule has 186 valence electrons. The van der Waals surface area contributed by atoms with E-state index < -0.39 is 23.5 Å². The van der Waals surface area contributed by atoms with Crippen LogP contribution in [-0.2, 0) is 11.0 Å². The van der Waals surface area contributed by atoms with Gasteiger partial charge in [-0.3, -0.25) is 9.78 Å². The predicted molar refractivity (Wildman–Crippen MR) is 136 cm³/mol. The fraction of sp³-hybridized carbons (Fsp3) is 0.0357. The number of alkyl halides is 3. The van der Waals surface area contributed by atoms with E-state index in [2.05, 4.69) is 10.3 Å². The minimum absolute atomic E-state index is 0. The number of hydrogen-bond acceptors (Lipinski definition) is 3. The number of carbonyl (C=O) groups is 1. The molecule has 0 fully saturated rings. The molecule has 0 aliphatic heterocycles. The van der Waals surface area contributed by atoms with E-state index in [1.165, 1.54) is 42.5 Å². The third kappa shape index (κ3) is 6.40. The highest BCUT2D eigenvalue weighted by molar-refractivity contribution is 6.06. The Morgan fingerprint density at radius 1 is 1.00 bits per heavy atom. The Morgan fingerprint density at radius 3 is 2.43 bits per heavy atom. The van der Waals surface area contributed by atoms with Gasteiger partial charge in [-0.25, -0.2) is 4.39 Å². The average Bonchev–Trinajstić information content (AvgIpc) is 2.87. The van der Waals surface area contributed by atoms with E-state index in [4.69, 9.17) is 0 Å². The standard InChI is InChI=1S/C28H17F4N3O.ClH/c29-25-12-9-19(15-21(25)16-33)23(18-7-10-22(11-8-18)28(30,31)32)4-2-6-27(36)35-26-5-1-3-20-17-34-14-13-24(20)26;/h1-15,17H,(H,35,36);1H/b6-2+,23-4-;. The van der Waals surface area contributed by atoms with Gasteiger partial charge in [-0.2, -0.15) is 18.4 Å². The molecular formula is C28H18ClF4N3O. The Labute approximate surface area is 216 Å². The van der Waals surface area contributed by atoms with Gasteiger partial charge in [0.15, 0.2) is 0 Å². The van der Waals surface area contributed by atoms with Crippen molar-refractivity contribution >= 4 is 40.3 Å². The van der Waals surface area contributed by atoms with Crippen molar-refractivity contribution in [3.63, 3.8) is 0 Å². The van der Waals surface area contributed by atoms with Crippen LogP contribution in [0.2, 0.25) is 0 Å². The van der Waals surface area contributed by atoms with Crippen molar-refractivity contribution in [2.24, 2.45) is 0 Å². The van der Waals surface area contributed by atoms with Gasteiger partial charge >= 0.3 is 6.18 Å². The lowest BCUT2D eigenvalue weighted by Crippen LogP contribution is -2.08. The van der Waals surface area contributed by atoms with Gasteiger partial charge in [0.1, 0.15) is 11.9 Å². The largest absolute Gasteiger partial charge is 0.416 e. The first kappa shape index (κ1) is 27.1. The van der Waals surface area contributed by atoms with Crippen LogP contribution in [0.5, 0.6) is 0 Å². The molecule has 0 unspecified atom stereocenters. The Balaban J connectivity index is 0.00000380. The summed E-state index contributed by atoms with van der Waals surface area (Å²) in [5.74, 6) is -1.15. The SMILES string of the molecule is Cl.N#Cc1cc(/C(=C\C=C\C(=O)Nc2cccc3cnccc23)c2ccc(C(F)(F)F)cc2)ccc1F. The van der Waals surface area contributed by atoms with Gasteiger partial charge in [0.05, 0.1) is 11.1 Å². The monoisotopic (exact) mass is 523 g/mol. The molecule has 0 saturated carbocycles. The molecule has 37 heavy (non-hydrogen) atoms. The first-order valence-corrected chi connectivity index (χ1v) is 10.7. The summed E-state index contributed by atoms with van der Waals surface area (Å²) in [4.78, 5) is 16.6. The molecule has 1 heterocycles. The molecule has 0 aliphatic rings. The Bertz CT molecular complexity index is 1530. The summed E-state index contributed by atoms with van der Waals surface area (Å²) in [6.45, 7) is 0. The fourth-order valence-electron chi connectivity index (χ4n) is 3.61. The summed E-state index contributed by atoms with van der Waals surface area (Å²) < 4.78 is 52.9. The molecule has 0 aliphatic carbocycles. The number of hydrogen-bond donors (Lipinski definition) is 1. The molecule has 1 aromatic heterocycles. The van der Waals surface area contributed by atoms with Gasteiger partial charge in [-0.05, 0) is 53.1 Å². The Morgan fingerprint density at radius 2 is 1.73 bits per heavy atom. The van der Waals surface area contributed by atoms with Crippen LogP contribution in [0, 0.1) is 17.1 Å². The lowest BCUT2D eigenvalue weighted by atomic mass is 9.95. The van der Waals surface area contributed by atoms with E-state index in [1.807, 2.05) is 6.07 Å². The molecule has 4 nitrogen and oxygen atoms in total. The van der Waals surface area contributed by atoms with E-state index in [1.54, 1.807) is 36.7 Å². The number of halogens is 5. The molecule has 4 aromatic rings. The highest BCUT2D eigenvalue weighted by Crippen LogP contribution is 2.32. The van der Waals surface area contributed by atoms with E-state index in [9.17, 15) is 27.6 Å². The van der Waals surface area contributed by atoms with Crippen molar-refractivity contribution in [1.29, 1.82) is 5.26 Å². The minimum Gasteiger partial charge on any atom is -0.322 e. The van der Waals surface area contributed by atoms with Crippen LogP contribution < -0.4 is 5.32 Å².